The summed E-state index contributed by atoms with van der Waals surface area (Å²) in [6.45, 7) is 2.90. The molecule has 0 saturated carbocycles. The Hall–Kier alpha value is -0.120. The summed E-state index contributed by atoms with van der Waals surface area (Å²) in [6.07, 6.45) is 0. The van der Waals surface area contributed by atoms with Crippen LogP contribution < -0.4 is 0 Å². The summed E-state index contributed by atoms with van der Waals surface area (Å²) in [7, 11) is 0. The molecule has 0 unspecified atom stereocenters. The van der Waals surface area contributed by atoms with Crippen LogP contribution in [-0.2, 0) is 0 Å². The Kier molecular flexibility index (Phi) is 3.86. The first kappa shape index (κ1) is 9.88. The number of rotatable bonds is 3. The molecule has 4 heteroatoms. The normalized spacial score (nSPS) is 13.8. The van der Waals surface area contributed by atoms with Crippen LogP contribution >= 0.6 is 15.9 Å². The Bertz CT molecular complexity index is 136. The van der Waals surface area contributed by atoms with Gasteiger partial charge in [-0.25, -0.2) is 4.39 Å². The van der Waals surface area contributed by atoms with E-state index in [-0.39, 0.29) is 5.71 Å². The van der Waals surface area contributed by atoms with E-state index >= 15 is 0 Å². The second kappa shape index (κ2) is 3.91. The first-order valence-electron chi connectivity index (χ1n) is 2.92. The summed E-state index contributed by atoms with van der Waals surface area (Å²) >= 11 is 3.19. The standard InChI is InChI=1S/C6H11BrFNO/c1-6(2,4-7)5(3-8)9-10/h10H,3-4H2,1-2H3. The summed E-state index contributed by atoms with van der Waals surface area (Å²) in [5.41, 5.74) is -0.229. The third-order valence-corrected chi connectivity index (χ3v) is 2.76. The molecule has 0 aliphatic carbocycles. The van der Waals surface area contributed by atoms with Crippen molar-refractivity contribution in [1.29, 1.82) is 0 Å². The molecule has 60 valence electrons. The van der Waals surface area contributed by atoms with Crippen LogP contribution in [0.4, 0.5) is 4.39 Å². The largest absolute Gasteiger partial charge is 0.411 e. The van der Waals surface area contributed by atoms with Crippen molar-refractivity contribution in [3.63, 3.8) is 0 Å². The van der Waals surface area contributed by atoms with Gasteiger partial charge < -0.3 is 5.21 Å². The van der Waals surface area contributed by atoms with Crippen LogP contribution in [-0.4, -0.2) is 22.9 Å². The minimum atomic E-state index is -0.699. The molecule has 0 aromatic heterocycles. The van der Waals surface area contributed by atoms with E-state index in [0.717, 1.165) is 0 Å². The van der Waals surface area contributed by atoms with Crippen molar-refractivity contribution < 1.29 is 9.60 Å². The van der Waals surface area contributed by atoms with Gasteiger partial charge in [-0.15, -0.1) is 0 Å². The van der Waals surface area contributed by atoms with E-state index in [1.807, 2.05) is 0 Å². The van der Waals surface area contributed by atoms with Gasteiger partial charge in [0.25, 0.3) is 0 Å². The van der Waals surface area contributed by atoms with Crippen molar-refractivity contribution in [2.24, 2.45) is 10.6 Å². The molecule has 0 aliphatic heterocycles. The molecule has 0 saturated heterocycles. The summed E-state index contributed by atoms with van der Waals surface area (Å²) in [5, 5.41) is 11.8. The highest BCUT2D eigenvalue weighted by molar-refractivity contribution is 9.09. The first-order chi connectivity index (χ1) is 4.58. The molecular formula is C6H11BrFNO. The van der Waals surface area contributed by atoms with Gasteiger partial charge in [0.05, 0.1) is 5.71 Å². The highest BCUT2D eigenvalue weighted by Crippen LogP contribution is 2.20. The smallest absolute Gasteiger partial charge is 0.131 e. The molecular weight excluding hydrogens is 201 g/mol. The molecule has 10 heavy (non-hydrogen) atoms. The molecule has 0 atom stereocenters. The van der Waals surface area contributed by atoms with Crippen molar-refractivity contribution in [1.82, 2.24) is 0 Å². The lowest BCUT2D eigenvalue weighted by Crippen LogP contribution is -2.27. The average molecular weight is 212 g/mol. The van der Waals surface area contributed by atoms with Crippen molar-refractivity contribution in [2.45, 2.75) is 13.8 Å². The second-order valence-electron chi connectivity index (χ2n) is 2.70. The fourth-order valence-electron chi connectivity index (χ4n) is 0.420. The third kappa shape index (κ3) is 2.25. The van der Waals surface area contributed by atoms with Gasteiger partial charge in [0.1, 0.15) is 6.67 Å². The number of nitrogens with zero attached hydrogens (tertiary/aromatic N) is 1. The van der Waals surface area contributed by atoms with E-state index in [1.165, 1.54) is 0 Å². The molecule has 2 nitrogen and oxygen atoms in total. The van der Waals surface area contributed by atoms with E-state index in [0.29, 0.717) is 5.33 Å². The molecule has 1 N–H and O–H groups in total. The fraction of sp³-hybridized carbons (Fsp3) is 0.833. The molecule has 0 amide bonds. The van der Waals surface area contributed by atoms with E-state index in [1.54, 1.807) is 13.8 Å². The van der Waals surface area contributed by atoms with Gasteiger partial charge in [-0.05, 0) is 0 Å². The quantitative estimate of drug-likeness (QED) is 0.330. The van der Waals surface area contributed by atoms with E-state index in [2.05, 4.69) is 21.1 Å². The summed E-state index contributed by atoms with van der Waals surface area (Å²) in [4.78, 5) is 0. The molecule has 0 fully saturated rings. The number of alkyl halides is 2. The predicted molar refractivity (Wildman–Crippen MR) is 42.8 cm³/mol. The molecule has 0 aromatic rings. The molecule has 0 heterocycles. The minimum Gasteiger partial charge on any atom is -0.411 e. The van der Waals surface area contributed by atoms with Crippen LogP contribution in [0.2, 0.25) is 0 Å². The minimum absolute atomic E-state index is 0.171. The van der Waals surface area contributed by atoms with Crippen LogP contribution in [0.25, 0.3) is 0 Å². The van der Waals surface area contributed by atoms with E-state index < -0.39 is 12.1 Å². The van der Waals surface area contributed by atoms with E-state index in [4.69, 9.17) is 5.21 Å². The van der Waals surface area contributed by atoms with Crippen LogP contribution in [0.5, 0.6) is 0 Å². The maximum atomic E-state index is 12.0. The lowest BCUT2D eigenvalue weighted by Gasteiger charge is -2.20. The zero-order valence-electron chi connectivity index (χ0n) is 6.06. The Balaban J connectivity index is 4.28. The molecule has 0 aliphatic rings. The Morgan fingerprint density at radius 1 is 1.70 bits per heavy atom. The Morgan fingerprint density at radius 2 is 2.20 bits per heavy atom. The van der Waals surface area contributed by atoms with Crippen molar-refractivity contribution in [3.05, 3.63) is 0 Å². The molecule has 0 aromatic carbocycles. The van der Waals surface area contributed by atoms with Gasteiger partial charge in [0.2, 0.25) is 0 Å². The van der Waals surface area contributed by atoms with Crippen molar-refractivity contribution >= 4 is 21.6 Å². The highest BCUT2D eigenvalue weighted by atomic mass is 79.9. The summed E-state index contributed by atoms with van der Waals surface area (Å²) < 4.78 is 12.0. The topological polar surface area (TPSA) is 32.6 Å². The zero-order chi connectivity index (χ0) is 8.20. The monoisotopic (exact) mass is 211 g/mol. The maximum Gasteiger partial charge on any atom is 0.131 e. The fourth-order valence-corrected chi connectivity index (χ4v) is 0.744. The molecule has 0 spiro atoms. The third-order valence-electron chi connectivity index (χ3n) is 1.36. The van der Waals surface area contributed by atoms with Gasteiger partial charge in [0, 0.05) is 10.7 Å². The van der Waals surface area contributed by atoms with Gasteiger partial charge >= 0.3 is 0 Å². The molecule has 0 radical (unpaired) electrons. The zero-order valence-corrected chi connectivity index (χ0v) is 7.65. The second-order valence-corrected chi connectivity index (χ2v) is 3.26. The summed E-state index contributed by atoms with van der Waals surface area (Å²) in [6, 6.07) is 0. The lowest BCUT2D eigenvalue weighted by molar-refractivity contribution is 0.306. The Morgan fingerprint density at radius 3 is 2.30 bits per heavy atom. The van der Waals surface area contributed by atoms with Crippen LogP contribution in [0.3, 0.4) is 0 Å². The van der Waals surface area contributed by atoms with Crippen LogP contribution in [0, 0.1) is 5.41 Å². The maximum absolute atomic E-state index is 12.0. The molecule has 0 bridgehead atoms. The SMILES string of the molecule is CC(C)(CBr)C(CF)=NO. The van der Waals surface area contributed by atoms with Gasteiger partial charge in [-0.3, -0.25) is 0 Å². The number of oxime groups is 1. The van der Waals surface area contributed by atoms with Gasteiger partial charge in [0.15, 0.2) is 0 Å². The number of halogens is 2. The lowest BCUT2D eigenvalue weighted by atomic mass is 9.91. The predicted octanol–water partition coefficient (Wildman–Crippen LogP) is 2.21. The van der Waals surface area contributed by atoms with Crippen molar-refractivity contribution in [2.75, 3.05) is 12.0 Å². The van der Waals surface area contributed by atoms with Crippen LogP contribution in [0.15, 0.2) is 5.16 Å². The number of hydrogen-bond acceptors (Lipinski definition) is 2. The van der Waals surface area contributed by atoms with Gasteiger partial charge in [-0.1, -0.05) is 34.9 Å². The van der Waals surface area contributed by atoms with Crippen LogP contribution in [0.1, 0.15) is 13.8 Å². The number of hydrogen-bond donors (Lipinski definition) is 1. The highest BCUT2D eigenvalue weighted by Gasteiger charge is 2.23. The average Bonchev–Trinajstić information content (AvgIpc) is 1.90. The van der Waals surface area contributed by atoms with Crippen molar-refractivity contribution in [3.8, 4) is 0 Å². The van der Waals surface area contributed by atoms with E-state index in [9.17, 15) is 4.39 Å². The summed E-state index contributed by atoms with van der Waals surface area (Å²) in [5.74, 6) is 0. The Labute approximate surface area is 68.2 Å². The van der Waals surface area contributed by atoms with Gasteiger partial charge in [-0.2, -0.15) is 0 Å². The first-order valence-corrected chi connectivity index (χ1v) is 4.04. The molecule has 0 rings (SSSR count).